The van der Waals surface area contributed by atoms with Gasteiger partial charge in [-0.1, -0.05) is 18.0 Å². The summed E-state index contributed by atoms with van der Waals surface area (Å²) in [4.78, 5) is 15.5. The van der Waals surface area contributed by atoms with Crippen molar-refractivity contribution in [3.63, 3.8) is 0 Å². The van der Waals surface area contributed by atoms with Crippen LogP contribution in [0.1, 0.15) is 43.6 Å². The van der Waals surface area contributed by atoms with Gasteiger partial charge in [-0.05, 0) is 36.8 Å². The predicted octanol–water partition coefficient (Wildman–Crippen LogP) is 3.22. The number of hydrogen-bond donors (Lipinski definition) is 1. The van der Waals surface area contributed by atoms with Crippen LogP contribution in [0, 0.1) is 12.3 Å². The van der Waals surface area contributed by atoms with E-state index in [2.05, 4.69) is 10.1 Å². The molecule has 1 aliphatic carbocycles. The van der Waals surface area contributed by atoms with Gasteiger partial charge in [-0.2, -0.15) is 4.98 Å². The number of carboxylic acids is 1. The number of hydrogen-bond acceptors (Lipinski definition) is 5. The Morgan fingerprint density at radius 1 is 1.43 bits per heavy atom. The molecule has 0 saturated heterocycles. The lowest BCUT2D eigenvalue weighted by molar-refractivity contribution is -0.139. The maximum Gasteiger partial charge on any atom is 0.303 e. The van der Waals surface area contributed by atoms with Crippen molar-refractivity contribution in [1.29, 1.82) is 0 Å². The van der Waals surface area contributed by atoms with Crippen molar-refractivity contribution in [2.75, 3.05) is 0 Å². The molecule has 0 amide bonds. The minimum absolute atomic E-state index is 0.157. The van der Waals surface area contributed by atoms with Gasteiger partial charge in [0.25, 0.3) is 0 Å². The second-order valence-electron chi connectivity index (χ2n) is 5.90. The summed E-state index contributed by atoms with van der Waals surface area (Å²) in [5.74, 6) is 0.752. The van der Waals surface area contributed by atoms with Gasteiger partial charge < -0.3 is 14.0 Å². The van der Waals surface area contributed by atoms with Crippen LogP contribution >= 0.6 is 0 Å². The van der Waals surface area contributed by atoms with Crippen LogP contribution in [-0.2, 0) is 11.2 Å². The van der Waals surface area contributed by atoms with Gasteiger partial charge in [0, 0.05) is 6.42 Å². The second-order valence-corrected chi connectivity index (χ2v) is 5.90. The molecule has 0 aliphatic heterocycles. The summed E-state index contributed by atoms with van der Waals surface area (Å²) in [6.07, 6.45) is 6.19. The summed E-state index contributed by atoms with van der Waals surface area (Å²) in [6, 6.07) is 1.84. The first-order chi connectivity index (χ1) is 10.1. The van der Waals surface area contributed by atoms with Crippen LogP contribution < -0.4 is 0 Å². The topological polar surface area (TPSA) is 89.4 Å². The molecule has 0 aromatic carbocycles. The molecule has 3 rings (SSSR count). The summed E-state index contributed by atoms with van der Waals surface area (Å²) < 4.78 is 10.6. The Hall–Kier alpha value is -2.11. The van der Waals surface area contributed by atoms with Crippen molar-refractivity contribution >= 4 is 5.97 Å². The summed E-state index contributed by atoms with van der Waals surface area (Å²) in [7, 11) is 0. The molecule has 1 aliphatic rings. The highest BCUT2D eigenvalue weighted by Crippen LogP contribution is 2.43. The molecular formula is C15H18N2O4. The third-order valence-electron chi connectivity index (χ3n) is 4.25. The summed E-state index contributed by atoms with van der Waals surface area (Å²) in [5.41, 5.74) is 0.705. The zero-order valence-corrected chi connectivity index (χ0v) is 12.0. The van der Waals surface area contributed by atoms with Crippen molar-refractivity contribution in [2.45, 2.75) is 45.4 Å². The Balaban J connectivity index is 1.80. The number of carbonyl (C=O) groups is 1. The third kappa shape index (κ3) is 2.84. The Morgan fingerprint density at radius 3 is 2.81 bits per heavy atom. The minimum atomic E-state index is -0.765. The molecule has 112 valence electrons. The zero-order valence-electron chi connectivity index (χ0n) is 12.0. The number of aromatic nitrogens is 2. The van der Waals surface area contributed by atoms with E-state index in [4.69, 9.17) is 14.0 Å². The number of carboxylic acid groups (broad SMARTS) is 1. The van der Waals surface area contributed by atoms with Crippen LogP contribution in [0.4, 0.5) is 0 Å². The van der Waals surface area contributed by atoms with Crippen molar-refractivity contribution in [3.8, 4) is 11.6 Å². The number of furan rings is 1. The molecule has 1 fully saturated rings. The molecular weight excluding hydrogens is 272 g/mol. The molecule has 2 heterocycles. The smallest absolute Gasteiger partial charge is 0.303 e. The quantitative estimate of drug-likeness (QED) is 0.909. The highest BCUT2D eigenvalue weighted by molar-refractivity contribution is 5.67. The van der Waals surface area contributed by atoms with E-state index in [0.717, 1.165) is 31.2 Å². The first-order valence-electron chi connectivity index (χ1n) is 7.17. The maximum absolute atomic E-state index is 11.1. The van der Waals surface area contributed by atoms with E-state index >= 15 is 0 Å². The first kappa shape index (κ1) is 13.9. The van der Waals surface area contributed by atoms with E-state index < -0.39 is 5.97 Å². The van der Waals surface area contributed by atoms with Gasteiger partial charge >= 0.3 is 5.97 Å². The van der Waals surface area contributed by atoms with Gasteiger partial charge in [-0.15, -0.1) is 0 Å². The zero-order chi connectivity index (χ0) is 14.9. The third-order valence-corrected chi connectivity index (χ3v) is 4.25. The molecule has 0 spiro atoms. The molecule has 21 heavy (non-hydrogen) atoms. The Labute approximate surface area is 122 Å². The van der Waals surface area contributed by atoms with Gasteiger partial charge in [0.2, 0.25) is 11.7 Å². The molecule has 2 aromatic rings. The highest BCUT2D eigenvalue weighted by atomic mass is 16.5. The summed E-state index contributed by atoms with van der Waals surface area (Å²) >= 11 is 0. The van der Waals surface area contributed by atoms with Crippen LogP contribution in [0.3, 0.4) is 0 Å². The Bertz CT molecular complexity index is 638. The maximum atomic E-state index is 11.1. The molecule has 1 saturated carbocycles. The predicted molar refractivity (Wildman–Crippen MR) is 73.6 cm³/mol. The van der Waals surface area contributed by atoms with E-state index in [-0.39, 0.29) is 11.8 Å². The largest absolute Gasteiger partial charge is 0.481 e. The lowest BCUT2D eigenvalue weighted by atomic mass is 9.79. The second kappa shape index (κ2) is 5.35. The molecule has 0 bridgehead atoms. The average Bonchev–Trinajstić information content (AvgIpc) is 3.11. The van der Waals surface area contributed by atoms with Crippen molar-refractivity contribution in [3.05, 3.63) is 23.8 Å². The van der Waals surface area contributed by atoms with E-state index in [0.29, 0.717) is 23.9 Å². The van der Waals surface area contributed by atoms with Crippen molar-refractivity contribution in [2.24, 2.45) is 5.41 Å². The molecule has 0 radical (unpaired) electrons. The Kier molecular flexibility index (Phi) is 3.53. The summed E-state index contributed by atoms with van der Waals surface area (Å²) in [6.45, 7) is 1.91. The number of nitrogens with zero attached hydrogens (tertiary/aromatic N) is 2. The molecule has 0 atom stereocenters. The molecule has 1 N–H and O–H groups in total. The van der Waals surface area contributed by atoms with E-state index in [9.17, 15) is 4.79 Å². The highest BCUT2D eigenvalue weighted by Gasteiger charge is 2.38. The van der Waals surface area contributed by atoms with Crippen LogP contribution in [0.2, 0.25) is 0 Å². The molecule has 6 heteroatoms. The normalized spacial score (nSPS) is 17.2. The SMILES string of the molecule is Cc1ccoc1-c1noc(CC2(CC(=O)O)CCCC2)n1. The average molecular weight is 290 g/mol. The van der Waals surface area contributed by atoms with Gasteiger partial charge in [-0.25, -0.2) is 0 Å². The lowest BCUT2D eigenvalue weighted by Gasteiger charge is -2.24. The minimum Gasteiger partial charge on any atom is -0.481 e. The fourth-order valence-electron chi connectivity index (χ4n) is 3.20. The van der Waals surface area contributed by atoms with Crippen LogP contribution in [-0.4, -0.2) is 21.2 Å². The van der Waals surface area contributed by atoms with Crippen LogP contribution in [0.15, 0.2) is 21.3 Å². The first-order valence-corrected chi connectivity index (χ1v) is 7.17. The lowest BCUT2D eigenvalue weighted by Crippen LogP contribution is -2.23. The standard InChI is InChI=1S/C15H18N2O4/c1-10-4-7-20-13(10)14-16-11(21-17-14)8-15(9-12(18)19)5-2-3-6-15/h4,7H,2-3,5-6,8-9H2,1H3,(H,18,19). The van der Waals surface area contributed by atoms with E-state index in [1.54, 1.807) is 6.26 Å². The van der Waals surface area contributed by atoms with E-state index in [1.165, 1.54) is 0 Å². The Morgan fingerprint density at radius 2 is 2.19 bits per heavy atom. The number of aliphatic carboxylic acids is 1. The number of rotatable bonds is 5. The molecule has 0 unspecified atom stereocenters. The van der Waals surface area contributed by atoms with Crippen LogP contribution in [0.25, 0.3) is 11.6 Å². The van der Waals surface area contributed by atoms with Gasteiger partial charge in [-0.3, -0.25) is 4.79 Å². The molecule has 2 aromatic heterocycles. The monoisotopic (exact) mass is 290 g/mol. The number of aryl methyl sites for hydroxylation is 1. The fourth-order valence-corrected chi connectivity index (χ4v) is 3.20. The molecule has 6 nitrogen and oxygen atoms in total. The van der Waals surface area contributed by atoms with Crippen molar-refractivity contribution < 1.29 is 18.8 Å². The van der Waals surface area contributed by atoms with Gasteiger partial charge in [0.15, 0.2) is 5.76 Å². The van der Waals surface area contributed by atoms with Crippen molar-refractivity contribution in [1.82, 2.24) is 10.1 Å². The summed E-state index contributed by atoms with van der Waals surface area (Å²) in [5, 5.41) is 13.1. The van der Waals surface area contributed by atoms with Gasteiger partial charge in [0.1, 0.15) is 0 Å². The van der Waals surface area contributed by atoms with E-state index in [1.807, 2.05) is 13.0 Å². The fraction of sp³-hybridized carbons (Fsp3) is 0.533. The van der Waals surface area contributed by atoms with Gasteiger partial charge in [0.05, 0.1) is 12.7 Å². The van der Waals surface area contributed by atoms with Crippen LogP contribution in [0.5, 0.6) is 0 Å².